The van der Waals surface area contributed by atoms with E-state index in [1.807, 2.05) is 48.5 Å². The molecule has 0 radical (unpaired) electrons. The van der Waals surface area contributed by atoms with E-state index in [-0.39, 0.29) is 64.9 Å². The molecule has 5 aromatic heterocycles. The zero-order valence-electron chi connectivity index (χ0n) is 45.2. The molecule has 0 aliphatic carbocycles. The number of benzene rings is 4. The number of alkyl carbamates (subject to hydrolysis) is 1. The molecule has 9 N–H and O–H groups in total. The largest absolute Gasteiger partial charge is 0.464 e. The first kappa shape index (κ1) is 58.6. The Morgan fingerprint density at radius 3 is 1.48 bits per heavy atom. The number of carbonyl (C=O) groups is 4. The number of methoxy groups -OCH3 is 1. The van der Waals surface area contributed by atoms with Gasteiger partial charge in [-0.15, -0.1) is 20.4 Å². The Hall–Kier alpha value is -10.1. The number of carbonyl (C=O) groups excluding carboxylic acids is 4. The first-order chi connectivity index (χ1) is 38.6. The van der Waals surface area contributed by atoms with E-state index in [2.05, 4.69) is 76.3 Å². The summed E-state index contributed by atoms with van der Waals surface area (Å²) in [6.45, 7) is 6.09. The van der Waals surface area contributed by atoms with Gasteiger partial charge in [-0.25, -0.2) is 39.5 Å². The number of nitrogens with zero attached hydrogens (tertiary/aromatic N) is 12. The van der Waals surface area contributed by atoms with Crippen LogP contribution in [-0.2, 0) is 22.6 Å². The van der Waals surface area contributed by atoms with Crippen LogP contribution in [0.25, 0.3) is 68.6 Å². The Balaban J connectivity index is 0.000000197. The van der Waals surface area contributed by atoms with E-state index in [9.17, 15) is 19.2 Å². The smallest absolute Gasteiger partial charge is 0.407 e. The monoisotopic (exact) mass is 1160 g/mol. The van der Waals surface area contributed by atoms with Gasteiger partial charge in [-0.1, -0.05) is 48.5 Å². The van der Waals surface area contributed by atoms with Crippen LogP contribution in [0.2, 0.25) is 0 Å². The molecule has 416 valence electrons. The molecule has 3 amide bonds. The maximum atomic E-state index is 12.2. The zero-order valence-corrected chi connectivity index (χ0v) is 46.8. The van der Waals surface area contributed by atoms with E-state index in [0.717, 1.165) is 27.8 Å². The summed E-state index contributed by atoms with van der Waals surface area (Å²) in [7, 11) is 8.07. The third-order valence-corrected chi connectivity index (χ3v) is 11.5. The van der Waals surface area contributed by atoms with Crippen molar-refractivity contribution in [3.05, 3.63) is 148 Å². The minimum atomic E-state index is -0.596. The summed E-state index contributed by atoms with van der Waals surface area (Å²) in [5.74, 6) is 0.485. The van der Waals surface area contributed by atoms with Crippen LogP contribution in [0, 0.1) is 0 Å². The lowest BCUT2D eigenvalue weighted by atomic mass is 10.1. The van der Waals surface area contributed by atoms with Crippen LogP contribution in [0.1, 0.15) is 63.1 Å². The Labute approximate surface area is 472 Å². The van der Waals surface area contributed by atoms with E-state index in [1.54, 1.807) is 110 Å². The quantitative estimate of drug-likeness (QED) is 0.0744. The second-order valence-electron chi connectivity index (χ2n) is 18.7. The molecule has 0 saturated carbocycles. The number of esters is 1. The number of nitrogens with two attached hydrogens (primary N) is 4. The lowest BCUT2D eigenvalue weighted by molar-refractivity contribution is 0.0521. The van der Waals surface area contributed by atoms with Crippen LogP contribution in [0.3, 0.4) is 0 Å². The third kappa shape index (κ3) is 15.4. The topological polar surface area (TPSA) is 365 Å². The fourth-order valence-electron chi connectivity index (χ4n) is 7.10. The number of ether oxygens (including phenoxy) is 2. The van der Waals surface area contributed by atoms with E-state index in [1.165, 1.54) is 23.1 Å². The maximum Gasteiger partial charge on any atom is 0.407 e. The van der Waals surface area contributed by atoms with Crippen LogP contribution >= 0.6 is 15.9 Å². The number of amides is 3. The lowest BCUT2D eigenvalue weighted by Crippen LogP contribution is -2.32. The normalized spacial score (nSPS) is 10.8. The van der Waals surface area contributed by atoms with Gasteiger partial charge in [0.1, 0.15) is 10.2 Å². The number of halogens is 1. The summed E-state index contributed by atoms with van der Waals surface area (Å²) >= 11 is 3.06. The van der Waals surface area contributed by atoms with Gasteiger partial charge >= 0.3 is 12.1 Å². The van der Waals surface area contributed by atoms with Crippen LogP contribution in [0.5, 0.6) is 0 Å². The molecule has 0 bridgehead atoms. The van der Waals surface area contributed by atoms with Crippen LogP contribution in [-0.4, -0.2) is 125 Å². The van der Waals surface area contributed by atoms with Crippen LogP contribution < -0.4 is 28.3 Å². The molecule has 25 nitrogen and oxygen atoms in total. The van der Waals surface area contributed by atoms with Crippen molar-refractivity contribution in [2.75, 3.05) is 52.5 Å². The third-order valence-electron chi connectivity index (χ3n) is 11.1. The average Bonchev–Trinajstić information content (AvgIpc) is 4.37. The molecule has 0 unspecified atom stereocenters. The predicted octanol–water partition coefficient (Wildman–Crippen LogP) is 7.38. The molecule has 26 heteroatoms. The van der Waals surface area contributed by atoms with E-state index >= 15 is 0 Å². The molecular formula is C55H56BrN17O8. The Morgan fingerprint density at radius 2 is 1.04 bits per heavy atom. The summed E-state index contributed by atoms with van der Waals surface area (Å²) in [6, 6.07) is 29.0. The van der Waals surface area contributed by atoms with Crippen molar-refractivity contribution in [1.82, 2.24) is 65.4 Å². The van der Waals surface area contributed by atoms with Crippen LogP contribution in [0.15, 0.2) is 129 Å². The molecule has 0 aliphatic heterocycles. The number of nitrogens with one attached hydrogen (secondary N) is 1. The second kappa shape index (κ2) is 26.0. The zero-order chi connectivity index (χ0) is 58.5. The second-order valence-corrected chi connectivity index (χ2v) is 19.5. The summed E-state index contributed by atoms with van der Waals surface area (Å²) in [5, 5.41) is 19.2. The highest BCUT2D eigenvalue weighted by atomic mass is 79.9. The van der Waals surface area contributed by atoms with Crippen molar-refractivity contribution in [2.45, 2.75) is 39.5 Å². The Kier molecular flexibility index (Phi) is 18.8. The number of nitrogen functional groups attached to an aromatic ring is 3. The molecular weight excluding hydrogens is 1110 g/mol. The molecule has 0 aliphatic rings. The molecule has 4 aromatic carbocycles. The summed E-state index contributed by atoms with van der Waals surface area (Å²) in [5.41, 5.74) is 30.1. The van der Waals surface area contributed by atoms with Gasteiger partial charge in [-0.2, -0.15) is 0 Å². The first-order valence-electron chi connectivity index (χ1n) is 24.4. The number of anilines is 3. The minimum absolute atomic E-state index is 0.0203. The van der Waals surface area contributed by atoms with Gasteiger partial charge in [0.25, 0.3) is 23.6 Å². The summed E-state index contributed by atoms with van der Waals surface area (Å²) < 4.78 is 21.8. The van der Waals surface area contributed by atoms with Gasteiger partial charge in [-0.05, 0) is 96.4 Å². The molecule has 0 saturated heterocycles. The fourth-order valence-corrected chi connectivity index (χ4v) is 7.38. The molecule has 0 atom stereocenters. The maximum absolute atomic E-state index is 12.2. The van der Waals surface area contributed by atoms with Crippen molar-refractivity contribution in [3.63, 3.8) is 0 Å². The van der Waals surface area contributed by atoms with Crippen molar-refractivity contribution < 1.29 is 37.5 Å². The van der Waals surface area contributed by atoms with Gasteiger partial charge in [0.05, 0.1) is 37.1 Å². The highest BCUT2D eigenvalue weighted by molar-refractivity contribution is 9.10. The number of hydrogen-bond donors (Lipinski definition) is 5. The fraction of sp³-hybridized carbons (Fsp3) is 0.200. The number of hydrogen-bond acceptors (Lipinski definition) is 22. The molecule has 5 heterocycles. The van der Waals surface area contributed by atoms with Gasteiger partial charge in [0.2, 0.25) is 11.8 Å². The molecule has 9 aromatic rings. The SMILES string of the molecule is CN(C)C(=O)c1ccc(-c2cnc(N)c(-c3nnc(-c4cccc(CN)c4)o3)n2)cc1.CN(C)C(=O)c1ccc(-c2cnc(N)c(-c3nnc(-c4cccc(CNC(=O)OC(C)(C)C)c4)o3)n2)cc1.COC(=O)c1nc(Br)cnc1N. The Bertz CT molecular complexity index is 3700. The minimum Gasteiger partial charge on any atom is -0.464 e. The summed E-state index contributed by atoms with van der Waals surface area (Å²) in [6.07, 6.45) is 4.00. The standard InChI is InChI=1S/C27H29N7O4.C22H21N7O2.C6H6BrN3O2/c1-27(2,3)38-26(36)30-14-16-7-6-8-19(13-16)23-32-33-24(37-23)21-22(28)29-15-20(31-21)17-9-11-18(12-10-17)25(35)34(4)5;1-29(2)22(30)15-8-6-14(7-9-15)17-12-25-19(24)18(26-17)21-28-27-20(31-21)16-5-3-4-13(10-16)11-23;1-12-6(11)4-5(8)9-2-3(7)10-4/h6-13,15H,14H2,1-5H3,(H2,28,29)(H,30,36);3-10,12H,11,23H2,1-2H3,(H2,24,25);2H,1H3,(H2,8,9). The summed E-state index contributed by atoms with van der Waals surface area (Å²) in [4.78, 5) is 75.3. The molecule has 0 spiro atoms. The highest BCUT2D eigenvalue weighted by Crippen LogP contribution is 2.31. The van der Waals surface area contributed by atoms with E-state index in [4.69, 9.17) is 36.5 Å². The number of aromatic nitrogens is 10. The lowest BCUT2D eigenvalue weighted by Gasteiger charge is -2.19. The van der Waals surface area contributed by atoms with Crippen LogP contribution in [0.4, 0.5) is 22.2 Å². The van der Waals surface area contributed by atoms with Gasteiger partial charge in [0, 0.05) is 74.7 Å². The first-order valence-corrected chi connectivity index (χ1v) is 25.2. The molecule has 9 rings (SSSR count). The van der Waals surface area contributed by atoms with Gasteiger partial charge < -0.3 is 56.4 Å². The van der Waals surface area contributed by atoms with Crippen molar-refractivity contribution in [3.8, 4) is 68.6 Å². The van der Waals surface area contributed by atoms with Crippen molar-refractivity contribution in [1.29, 1.82) is 0 Å². The highest BCUT2D eigenvalue weighted by Gasteiger charge is 2.21. The molecule has 81 heavy (non-hydrogen) atoms. The van der Waals surface area contributed by atoms with E-state index in [0.29, 0.717) is 50.8 Å². The van der Waals surface area contributed by atoms with Gasteiger partial charge in [-0.3, -0.25) is 9.59 Å². The van der Waals surface area contributed by atoms with E-state index < -0.39 is 17.7 Å². The predicted molar refractivity (Wildman–Crippen MR) is 304 cm³/mol. The average molecular weight is 1160 g/mol. The Morgan fingerprint density at radius 1 is 0.593 bits per heavy atom. The van der Waals surface area contributed by atoms with Gasteiger partial charge in [0.15, 0.2) is 34.5 Å². The van der Waals surface area contributed by atoms with Crippen molar-refractivity contribution in [2.24, 2.45) is 5.73 Å². The molecule has 0 fully saturated rings. The van der Waals surface area contributed by atoms with Crippen molar-refractivity contribution >= 4 is 57.3 Å². The number of rotatable bonds is 12.